The fourth-order valence-corrected chi connectivity index (χ4v) is 2.27. The predicted molar refractivity (Wildman–Crippen MR) is 67.6 cm³/mol. The van der Waals surface area contributed by atoms with Crippen molar-refractivity contribution in [3.63, 3.8) is 0 Å². The van der Waals surface area contributed by atoms with Gasteiger partial charge in [0.05, 0.1) is 12.5 Å². The highest BCUT2D eigenvalue weighted by molar-refractivity contribution is 5.85. The van der Waals surface area contributed by atoms with E-state index in [0.29, 0.717) is 0 Å². The molecule has 100 valence electrons. The summed E-state index contributed by atoms with van der Waals surface area (Å²) in [7, 11) is 0. The first-order chi connectivity index (χ1) is 8.17. The van der Waals surface area contributed by atoms with Gasteiger partial charge in [0.1, 0.15) is 5.75 Å². The van der Waals surface area contributed by atoms with Crippen LogP contribution >= 0.6 is 12.4 Å². The Kier molecular flexibility index (Phi) is 3.78. The van der Waals surface area contributed by atoms with E-state index in [1.165, 1.54) is 11.1 Å². The minimum atomic E-state index is -2.49. The zero-order valence-electron chi connectivity index (χ0n) is 9.92. The van der Waals surface area contributed by atoms with Crippen LogP contribution in [0.25, 0.3) is 0 Å². The van der Waals surface area contributed by atoms with E-state index in [1.807, 2.05) is 12.1 Å². The molecule has 18 heavy (non-hydrogen) atoms. The van der Waals surface area contributed by atoms with E-state index in [1.54, 1.807) is 0 Å². The molecule has 0 aromatic heterocycles. The Morgan fingerprint density at radius 3 is 2.89 bits per heavy atom. The zero-order chi connectivity index (χ0) is 11.9. The first-order valence-corrected chi connectivity index (χ1v) is 5.99. The molecule has 1 saturated carbocycles. The second-order valence-electron chi connectivity index (χ2n) is 4.79. The van der Waals surface area contributed by atoms with Gasteiger partial charge in [0.2, 0.25) is 0 Å². The number of ether oxygens (including phenoxy) is 1. The SMILES string of the molecule is Cl.FC1(F)CC1COc1cccc2c1CCNC2. The average Bonchev–Trinajstić information content (AvgIpc) is 2.94. The third-order valence-corrected chi connectivity index (χ3v) is 3.49. The third-order valence-electron chi connectivity index (χ3n) is 3.49. The lowest BCUT2D eigenvalue weighted by atomic mass is 10.0. The summed E-state index contributed by atoms with van der Waals surface area (Å²) in [4.78, 5) is 0. The monoisotopic (exact) mass is 275 g/mol. The van der Waals surface area contributed by atoms with Gasteiger partial charge in [-0.05, 0) is 30.2 Å². The van der Waals surface area contributed by atoms with E-state index in [2.05, 4.69) is 11.4 Å². The van der Waals surface area contributed by atoms with Gasteiger partial charge in [-0.1, -0.05) is 12.1 Å². The maximum Gasteiger partial charge on any atom is 0.255 e. The molecule has 1 heterocycles. The van der Waals surface area contributed by atoms with Crippen molar-refractivity contribution < 1.29 is 13.5 Å². The molecule has 1 aliphatic heterocycles. The number of halogens is 3. The highest BCUT2D eigenvalue weighted by Gasteiger charge is 2.57. The van der Waals surface area contributed by atoms with E-state index < -0.39 is 11.8 Å². The van der Waals surface area contributed by atoms with Crippen LogP contribution in [-0.2, 0) is 13.0 Å². The van der Waals surface area contributed by atoms with Crippen molar-refractivity contribution in [3.8, 4) is 5.75 Å². The summed E-state index contributed by atoms with van der Waals surface area (Å²) in [6.07, 6.45) is 0.885. The van der Waals surface area contributed by atoms with Gasteiger partial charge >= 0.3 is 0 Å². The number of rotatable bonds is 3. The Morgan fingerprint density at radius 2 is 2.17 bits per heavy atom. The number of hydrogen-bond acceptors (Lipinski definition) is 2. The largest absolute Gasteiger partial charge is 0.493 e. The molecule has 2 aliphatic rings. The average molecular weight is 276 g/mol. The van der Waals surface area contributed by atoms with Gasteiger partial charge in [0.15, 0.2) is 0 Å². The minimum Gasteiger partial charge on any atom is -0.493 e. The molecule has 3 rings (SSSR count). The van der Waals surface area contributed by atoms with Crippen LogP contribution in [0.3, 0.4) is 0 Å². The lowest BCUT2D eigenvalue weighted by Crippen LogP contribution is -2.24. The standard InChI is InChI=1S/C13H15F2NO.ClH/c14-13(15)6-10(13)8-17-12-3-1-2-9-7-16-5-4-11(9)12;/h1-3,10,16H,4-8H2;1H. The van der Waals surface area contributed by atoms with Crippen LogP contribution in [0, 0.1) is 5.92 Å². The first-order valence-electron chi connectivity index (χ1n) is 5.99. The van der Waals surface area contributed by atoms with Gasteiger partial charge < -0.3 is 10.1 Å². The fourth-order valence-electron chi connectivity index (χ4n) is 2.27. The second-order valence-corrected chi connectivity index (χ2v) is 4.79. The molecule has 1 atom stereocenters. The summed E-state index contributed by atoms with van der Waals surface area (Å²) in [5.41, 5.74) is 2.39. The summed E-state index contributed by atoms with van der Waals surface area (Å²) in [6, 6.07) is 5.86. The van der Waals surface area contributed by atoms with Crippen molar-refractivity contribution >= 4 is 12.4 Å². The molecule has 0 radical (unpaired) electrons. The molecular formula is C13H16ClF2NO. The topological polar surface area (TPSA) is 21.3 Å². The molecule has 0 amide bonds. The van der Waals surface area contributed by atoms with Crippen LogP contribution in [-0.4, -0.2) is 19.1 Å². The van der Waals surface area contributed by atoms with Crippen molar-refractivity contribution in [3.05, 3.63) is 29.3 Å². The maximum absolute atomic E-state index is 12.7. The Morgan fingerprint density at radius 1 is 1.39 bits per heavy atom. The summed E-state index contributed by atoms with van der Waals surface area (Å²) in [5, 5.41) is 3.28. The number of fused-ring (bicyclic) bond motifs is 1. The molecule has 1 aliphatic carbocycles. The molecule has 0 saturated heterocycles. The molecule has 0 bridgehead atoms. The van der Waals surface area contributed by atoms with Gasteiger partial charge in [0.25, 0.3) is 5.92 Å². The first kappa shape index (κ1) is 13.6. The highest BCUT2D eigenvalue weighted by atomic mass is 35.5. The maximum atomic E-state index is 12.7. The molecule has 5 heteroatoms. The lowest BCUT2D eigenvalue weighted by molar-refractivity contribution is 0.0854. The van der Waals surface area contributed by atoms with Gasteiger partial charge in [-0.15, -0.1) is 12.4 Å². The van der Waals surface area contributed by atoms with Crippen LogP contribution in [0.4, 0.5) is 8.78 Å². The quantitative estimate of drug-likeness (QED) is 0.916. The molecule has 1 N–H and O–H groups in total. The summed E-state index contributed by atoms with van der Waals surface area (Å²) < 4.78 is 31.1. The highest BCUT2D eigenvalue weighted by Crippen LogP contribution is 2.48. The van der Waals surface area contributed by atoms with Crippen LogP contribution in [0.1, 0.15) is 17.5 Å². The Hall–Kier alpha value is -0.870. The summed E-state index contributed by atoms with van der Waals surface area (Å²) in [5.74, 6) is -2.29. The number of nitrogens with one attached hydrogen (secondary N) is 1. The molecule has 1 aromatic carbocycles. The Balaban J connectivity index is 0.00000120. The molecule has 1 fully saturated rings. The van der Waals surface area contributed by atoms with Crippen molar-refractivity contribution in [2.45, 2.75) is 25.3 Å². The normalized spacial score (nSPS) is 23.8. The van der Waals surface area contributed by atoms with Gasteiger partial charge in [-0.25, -0.2) is 8.78 Å². The Bertz CT molecular complexity index is 439. The van der Waals surface area contributed by atoms with Crippen LogP contribution in [0.2, 0.25) is 0 Å². The van der Waals surface area contributed by atoms with E-state index in [9.17, 15) is 8.78 Å². The number of alkyl halides is 2. The van der Waals surface area contributed by atoms with Gasteiger partial charge in [-0.2, -0.15) is 0 Å². The summed E-state index contributed by atoms with van der Waals surface area (Å²) >= 11 is 0. The smallest absolute Gasteiger partial charge is 0.255 e. The van der Waals surface area contributed by atoms with Crippen LogP contribution in [0.5, 0.6) is 5.75 Å². The zero-order valence-corrected chi connectivity index (χ0v) is 10.7. The van der Waals surface area contributed by atoms with Crippen molar-refractivity contribution in [1.29, 1.82) is 0 Å². The molecule has 1 unspecified atom stereocenters. The molecule has 2 nitrogen and oxygen atoms in total. The number of hydrogen-bond donors (Lipinski definition) is 1. The fraction of sp³-hybridized carbons (Fsp3) is 0.538. The molecule has 1 aromatic rings. The van der Waals surface area contributed by atoms with Crippen molar-refractivity contribution in [1.82, 2.24) is 5.32 Å². The van der Waals surface area contributed by atoms with E-state index in [-0.39, 0.29) is 25.4 Å². The van der Waals surface area contributed by atoms with E-state index in [0.717, 1.165) is 25.3 Å². The predicted octanol–water partition coefficient (Wildman–Crippen LogP) is 2.79. The summed E-state index contributed by atoms with van der Waals surface area (Å²) in [6.45, 7) is 1.90. The van der Waals surface area contributed by atoms with Gasteiger partial charge in [0, 0.05) is 13.0 Å². The van der Waals surface area contributed by atoms with E-state index in [4.69, 9.17) is 4.74 Å². The second kappa shape index (κ2) is 5.02. The van der Waals surface area contributed by atoms with Crippen molar-refractivity contribution in [2.75, 3.05) is 13.2 Å². The van der Waals surface area contributed by atoms with Gasteiger partial charge in [-0.3, -0.25) is 0 Å². The Labute approximate surface area is 111 Å². The third kappa shape index (κ3) is 2.59. The van der Waals surface area contributed by atoms with Crippen LogP contribution in [0.15, 0.2) is 18.2 Å². The molecule has 0 spiro atoms. The molecular weight excluding hydrogens is 260 g/mol. The number of benzene rings is 1. The minimum absolute atomic E-state index is 0. The van der Waals surface area contributed by atoms with E-state index >= 15 is 0 Å². The lowest BCUT2D eigenvalue weighted by Gasteiger charge is -2.20. The van der Waals surface area contributed by atoms with Crippen LogP contribution < -0.4 is 10.1 Å². The van der Waals surface area contributed by atoms with Crippen molar-refractivity contribution in [2.24, 2.45) is 5.92 Å².